The Morgan fingerprint density at radius 1 is 0.818 bits per heavy atom. The molecule has 2 aromatic carbocycles. The standard InChI is InChI=1S/C27H34N2O4/c1-32-24-17-23(18-25(19-24)33-2)27(31)29-14-10-22(11-15-29)26(30)28-12-8-21(9-13-28)16-20-6-4-3-5-7-20/h3-7,17-19,21-22H,8-16H2,1-2H3. The third-order valence-corrected chi connectivity index (χ3v) is 7.02. The summed E-state index contributed by atoms with van der Waals surface area (Å²) < 4.78 is 10.6. The molecule has 0 atom stereocenters. The van der Waals surface area contributed by atoms with Crippen LogP contribution in [0.2, 0.25) is 0 Å². The third kappa shape index (κ3) is 5.67. The molecule has 4 rings (SSSR count). The highest BCUT2D eigenvalue weighted by Crippen LogP contribution is 2.28. The predicted octanol–water partition coefficient (Wildman–Crippen LogP) is 4.04. The molecule has 2 heterocycles. The van der Waals surface area contributed by atoms with Crippen LogP contribution < -0.4 is 9.47 Å². The number of amides is 2. The molecule has 2 fully saturated rings. The first-order valence-corrected chi connectivity index (χ1v) is 11.9. The molecule has 6 nitrogen and oxygen atoms in total. The van der Waals surface area contributed by atoms with Crippen molar-refractivity contribution in [3.05, 3.63) is 59.7 Å². The summed E-state index contributed by atoms with van der Waals surface area (Å²) in [6.45, 7) is 2.89. The van der Waals surface area contributed by atoms with Crippen LogP contribution in [0.5, 0.6) is 11.5 Å². The van der Waals surface area contributed by atoms with Gasteiger partial charge in [-0.2, -0.15) is 0 Å². The van der Waals surface area contributed by atoms with Crippen molar-refractivity contribution in [2.24, 2.45) is 11.8 Å². The monoisotopic (exact) mass is 450 g/mol. The normalized spacial score (nSPS) is 17.6. The molecule has 2 saturated heterocycles. The molecule has 33 heavy (non-hydrogen) atoms. The van der Waals surface area contributed by atoms with Gasteiger partial charge in [-0.3, -0.25) is 9.59 Å². The SMILES string of the molecule is COc1cc(OC)cc(C(=O)N2CCC(C(=O)N3CCC(Cc4ccccc4)CC3)CC2)c1. The Balaban J connectivity index is 1.27. The molecule has 6 heteroatoms. The van der Waals surface area contributed by atoms with Crippen LogP contribution in [0.3, 0.4) is 0 Å². The highest BCUT2D eigenvalue weighted by atomic mass is 16.5. The van der Waals surface area contributed by atoms with E-state index < -0.39 is 0 Å². The topological polar surface area (TPSA) is 59.1 Å². The van der Waals surface area contributed by atoms with Gasteiger partial charge in [-0.1, -0.05) is 30.3 Å². The van der Waals surface area contributed by atoms with Crippen molar-refractivity contribution in [3.8, 4) is 11.5 Å². The minimum absolute atomic E-state index is 0.0135. The number of ether oxygens (including phenoxy) is 2. The van der Waals surface area contributed by atoms with Crippen molar-refractivity contribution in [1.29, 1.82) is 0 Å². The van der Waals surface area contributed by atoms with E-state index in [1.807, 2.05) is 4.90 Å². The smallest absolute Gasteiger partial charge is 0.254 e. The molecule has 0 aromatic heterocycles. The summed E-state index contributed by atoms with van der Waals surface area (Å²) in [5.74, 6) is 2.08. The molecule has 0 unspecified atom stereocenters. The lowest BCUT2D eigenvalue weighted by Gasteiger charge is -2.37. The maximum absolute atomic E-state index is 13.1. The molecule has 0 spiro atoms. The van der Waals surface area contributed by atoms with E-state index in [2.05, 4.69) is 35.2 Å². The van der Waals surface area contributed by atoms with Crippen LogP contribution >= 0.6 is 0 Å². The minimum atomic E-state index is -0.0418. The summed E-state index contributed by atoms with van der Waals surface area (Å²) in [6.07, 6.45) is 4.66. The fraction of sp³-hybridized carbons (Fsp3) is 0.481. The van der Waals surface area contributed by atoms with Gasteiger partial charge >= 0.3 is 0 Å². The second-order valence-corrected chi connectivity index (χ2v) is 9.13. The Bertz CT molecular complexity index is 924. The van der Waals surface area contributed by atoms with E-state index >= 15 is 0 Å². The first kappa shape index (κ1) is 23.1. The molecule has 2 aliphatic rings. The second kappa shape index (κ2) is 10.7. The van der Waals surface area contributed by atoms with Crippen molar-refractivity contribution in [2.75, 3.05) is 40.4 Å². The van der Waals surface area contributed by atoms with Crippen molar-refractivity contribution < 1.29 is 19.1 Å². The van der Waals surface area contributed by atoms with Crippen LogP contribution in [0, 0.1) is 11.8 Å². The van der Waals surface area contributed by atoms with E-state index in [9.17, 15) is 9.59 Å². The van der Waals surface area contributed by atoms with Gasteiger partial charge in [0.15, 0.2) is 0 Å². The van der Waals surface area contributed by atoms with Crippen LogP contribution in [0.4, 0.5) is 0 Å². The zero-order valence-electron chi connectivity index (χ0n) is 19.7. The quantitative estimate of drug-likeness (QED) is 0.667. The Morgan fingerprint density at radius 2 is 1.39 bits per heavy atom. The number of hydrogen-bond acceptors (Lipinski definition) is 4. The number of hydrogen-bond donors (Lipinski definition) is 0. The average Bonchev–Trinajstić information content (AvgIpc) is 2.88. The average molecular weight is 451 g/mol. The number of rotatable bonds is 6. The van der Waals surface area contributed by atoms with E-state index in [0.717, 1.165) is 45.2 Å². The molecule has 0 radical (unpaired) electrons. The van der Waals surface area contributed by atoms with Gasteiger partial charge in [0.1, 0.15) is 11.5 Å². The molecule has 0 saturated carbocycles. The lowest BCUT2D eigenvalue weighted by molar-refractivity contribution is -0.138. The highest BCUT2D eigenvalue weighted by Gasteiger charge is 2.32. The van der Waals surface area contributed by atoms with Crippen molar-refractivity contribution in [2.45, 2.75) is 32.1 Å². The first-order chi connectivity index (χ1) is 16.1. The number of methoxy groups -OCH3 is 2. The summed E-state index contributed by atoms with van der Waals surface area (Å²) >= 11 is 0. The van der Waals surface area contributed by atoms with Crippen molar-refractivity contribution in [1.82, 2.24) is 9.80 Å². The van der Waals surface area contributed by atoms with E-state index in [0.29, 0.717) is 36.1 Å². The Labute approximate surface area is 196 Å². The second-order valence-electron chi connectivity index (χ2n) is 9.13. The van der Waals surface area contributed by atoms with Crippen LogP contribution in [0.25, 0.3) is 0 Å². The molecule has 176 valence electrons. The number of likely N-dealkylation sites (tertiary alicyclic amines) is 2. The maximum atomic E-state index is 13.1. The molecule has 2 aliphatic heterocycles. The lowest BCUT2D eigenvalue weighted by atomic mass is 9.88. The molecule has 0 N–H and O–H groups in total. The molecular formula is C27H34N2O4. The van der Waals surface area contributed by atoms with Crippen LogP contribution in [-0.2, 0) is 11.2 Å². The molecule has 0 bridgehead atoms. The molecule has 0 aliphatic carbocycles. The largest absolute Gasteiger partial charge is 0.497 e. The van der Waals surface area contributed by atoms with E-state index in [1.165, 1.54) is 5.56 Å². The van der Waals surface area contributed by atoms with Crippen molar-refractivity contribution in [3.63, 3.8) is 0 Å². The zero-order chi connectivity index (χ0) is 23.2. The Morgan fingerprint density at radius 3 is 1.97 bits per heavy atom. The summed E-state index contributed by atoms with van der Waals surface area (Å²) in [5.41, 5.74) is 1.93. The minimum Gasteiger partial charge on any atom is -0.497 e. The summed E-state index contributed by atoms with van der Waals surface area (Å²) in [7, 11) is 3.15. The number of benzene rings is 2. The molecule has 2 aromatic rings. The summed E-state index contributed by atoms with van der Waals surface area (Å²) in [5, 5.41) is 0. The number of piperidine rings is 2. The Hall–Kier alpha value is -3.02. The van der Waals surface area contributed by atoms with Gasteiger partial charge in [0.2, 0.25) is 5.91 Å². The van der Waals surface area contributed by atoms with Crippen molar-refractivity contribution >= 4 is 11.8 Å². The van der Waals surface area contributed by atoms with E-state index in [4.69, 9.17) is 9.47 Å². The van der Waals surface area contributed by atoms with Gasteiger partial charge in [-0.15, -0.1) is 0 Å². The number of carbonyl (C=O) groups excluding carboxylic acids is 2. The predicted molar refractivity (Wildman–Crippen MR) is 128 cm³/mol. The highest BCUT2D eigenvalue weighted by molar-refractivity contribution is 5.95. The van der Waals surface area contributed by atoms with Gasteiger partial charge in [0.25, 0.3) is 5.91 Å². The first-order valence-electron chi connectivity index (χ1n) is 11.9. The maximum Gasteiger partial charge on any atom is 0.254 e. The fourth-order valence-electron chi connectivity index (χ4n) is 5.01. The molecular weight excluding hydrogens is 416 g/mol. The zero-order valence-corrected chi connectivity index (χ0v) is 19.7. The number of carbonyl (C=O) groups is 2. The van der Waals surface area contributed by atoms with E-state index in [-0.39, 0.29) is 17.7 Å². The lowest BCUT2D eigenvalue weighted by Crippen LogP contribution is -2.46. The van der Waals surface area contributed by atoms with Gasteiger partial charge in [-0.05, 0) is 55.7 Å². The van der Waals surface area contributed by atoms with Gasteiger partial charge in [0, 0.05) is 43.7 Å². The fourth-order valence-corrected chi connectivity index (χ4v) is 5.01. The van der Waals surface area contributed by atoms with Gasteiger partial charge in [-0.25, -0.2) is 0 Å². The summed E-state index contributed by atoms with van der Waals surface area (Å²) in [6, 6.07) is 15.8. The van der Waals surface area contributed by atoms with Crippen LogP contribution in [0.1, 0.15) is 41.6 Å². The van der Waals surface area contributed by atoms with Crippen LogP contribution in [-0.4, -0.2) is 62.0 Å². The Kier molecular flexibility index (Phi) is 7.53. The third-order valence-electron chi connectivity index (χ3n) is 7.02. The van der Waals surface area contributed by atoms with Gasteiger partial charge < -0.3 is 19.3 Å². The van der Waals surface area contributed by atoms with Crippen LogP contribution in [0.15, 0.2) is 48.5 Å². The van der Waals surface area contributed by atoms with E-state index in [1.54, 1.807) is 32.4 Å². The molecule has 2 amide bonds. The number of nitrogens with zero attached hydrogens (tertiary/aromatic N) is 2. The van der Waals surface area contributed by atoms with Gasteiger partial charge in [0.05, 0.1) is 14.2 Å². The summed E-state index contributed by atoms with van der Waals surface area (Å²) in [4.78, 5) is 30.0.